The summed E-state index contributed by atoms with van der Waals surface area (Å²) in [5, 5.41) is 3.06. The number of amides is 1. The third-order valence-corrected chi connectivity index (χ3v) is 6.25. The molecule has 1 aliphatic rings. The molecule has 1 aliphatic heterocycles. The van der Waals surface area contributed by atoms with Crippen molar-refractivity contribution in [3.05, 3.63) is 18.2 Å². The zero-order valence-corrected chi connectivity index (χ0v) is 17.8. The van der Waals surface area contributed by atoms with Gasteiger partial charge in [-0.05, 0) is 37.3 Å². The second kappa shape index (κ2) is 10.7. The van der Waals surface area contributed by atoms with E-state index >= 15 is 0 Å². The zero-order chi connectivity index (χ0) is 20.6. The molecule has 158 valence electrons. The summed E-state index contributed by atoms with van der Waals surface area (Å²) in [6, 6.07) is 4.83. The fraction of sp³-hybridized carbons (Fsp3) is 0.650. The maximum absolute atomic E-state index is 12.4. The van der Waals surface area contributed by atoms with Gasteiger partial charge in [0, 0.05) is 25.1 Å². The van der Waals surface area contributed by atoms with Crippen LogP contribution in [0.25, 0.3) is 0 Å². The van der Waals surface area contributed by atoms with Crippen molar-refractivity contribution in [1.29, 1.82) is 0 Å². The molecule has 0 aliphatic carbocycles. The van der Waals surface area contributed by atoms with Gasteiger partial charge >= 0.3 is 0 Å². The van der Waals surface area contributed by atoms with Crippen LogP contribution < -0.4 is 19.5 Å². The van der Waals surface area contributed by atoms with E-state index in [1.165, 1.54) is 12.1 Å². The Hall–Kier alpha value is -1.80. The zero-order valence-electron chi connectivity index (χ0n) is 17.0. The fourth-order valence-corrected chi connectivity index (χ4v) is 4.18. The van der Waals surface area contributed by atoms with E-state index in [9.17, 15) is 13.2 Å². The van der Waals surface area contributed by atoms with Crippen molar-refractivity contribution < 1.29 is 22.7 Å². The molecule has 2 rings (SSSR count). The van der Waals surface area contributed by atoms with E-state index < -0.39 is 10.0 Å². The molecule has 0 aromatic heterocycles. The molecule has 1 amide bonds. The molecule has 1 aromatic rings. The maximum Gasteiger partial charge on any atom is 0.240 e. The van der Waals surface area contributed by atoms with E-state index in [0.29, 0.717) is 50.0 Å². The molecular weight excluding hydrogens is 380 g/mol. The Morgan fingerprint density at radius 2 is 1.82 bits per heavy atom. The van der Waals surface area contributed by atoms with Crippen molar-refractivity contribution >= 4 is 15.9 Å². The van der Waals surface area contributed by atoms with Crippen LogP contribution in [0.3, 0.4) is 0 Å². The second-order valence-corrected chi connectivity index (χ2v) is 9.11. The van der Waals surface area contributed by atoms with Crippen LogP contribution in [0.5, 0.6) is 11.5 Å². The molecule has 7 nitrogen and oxygen atoms in total. The first-order chi connectivity index (χ1) is 13.3. The molecule has 0 saturated heterocycles. The Morgan fingerprint density at radius 1 is 1.11 bits per heavy atom. The van der Waals surface area contributed by atoms with Gasteiger partial charge in [0.05, 0.1) is 4.90 Å². The predicted octanol–water partition coefficient (Wildman–Crippen LogP) is 2.85. The van der Waals surface area contributed by atoms with E-state index in [0.717, 1.165) is 19.3 Å². The van der Waals surface area contributed by atoms with Crippen LogP contribution in [-0.4, -0.2) is 40.1 Å². The first-order valence-electron chi connectivity index (χ1n) is 10.0. The van der Waals surface area contributed by atoms with E-state index in [2.05, 4.69) is 30.8 Å². The molecule has 1 unspecified atom stereocenters. The first kappa shape index (κ1) is 22.5. The van der Waals surface area contributed by atoms with Gasteiger partial charge in [0.25, 0.3) is 0 Å². The summed E-state index contributed by atoms with van der Waals surface area (Å²) >= 11 is 0. The highest BCUT2D eigenvalue weighted by Crippen LogP contribution is 2.32. The van der Waals surface area contributed by atoms with Crippen LogP contribution in [0, 0.1) is 5.92 Å². The Morgan fingerprint density at radius 3 is 2.50 bits per heavy atom. The number of rotatable bonds is 11. The van der Waals surface area contributed by atoms with Crippen molar-refractivity contribution in [2.75, 3.05) is 19.8 Å². The Bertz CT molecular complexity index is 749. The van der Waals surface area contributed by atoms with E-state index in [1.807, 2.05) is 0 Å². The molecule has 2 N–H and O–H groups in total. The third-order valence-electron chi connectivity index (χ3n) is 4.79. The minimum Gasteiger partial charge on any atom is -0.486 e. The van der Waals surface area contributed by atoms with Crippen LogP contribution in [0.15, 0.2) is 23.1 Å². The lowest BCUT2D eigenvalue weighted by Crippen LogP contribution is -2.37. The van der Waals surface area contributed by atoms with Crippen LogP contribution in [-0.2, 0) is 14.8 Å². The smallest absolute Gasteiger partial charge is 0.240 e. The van der Waals surface area contributed by atoms with Crippen molar-refractivity contribution in [1.82, 2.24) is 10.0 Å². The monoisotopic (exact) mass is 412 g/mol. The number of carbonyl (C=O) groups is 1. The van der Waals surface area contributed by atoms with Crippen molar-refractivity contribution in [2.24, 2.45) is 5.92 Å². The predicted molar refractivity (Wildman–Crippen MR) is 108 cm³/mol. The van der Waals surface area contributed by atoms with Gasteiger partial charge in [-0.3, -0.25) is 4.79 Å². The highest BCUT2D eigenvalue weighted by Gasteiger charge is 2.19. The molecule has 0 saturated carbocycles. The van der Waals surface area contributed by atoms with Crippen LogP contribution in [0.4, 0.5) is 0 Å². The first-order valence-corrected chi connectivity index (χ1v) is 11.5. The highest BCUT2D eigenvalue weighted by atomic mass is 32.2. The van der Waals surface area contributed by atoms with Gasteiger partial charge in [-0.15, -0.1) is 0 Å². The van der Waals surface area contributed by atoms with E-state index in [4.69, 9.17) is 9.47 Å². The van der Waals surface area contributed by atoms with E-state index in [1.54, 1.807) is 6.07 Å². The molecular formula is C20H32N2O5S. The Kier molecular flexibility index (Phi) is 8.57. The Balaban J connectivity index is 1.69. The van der Waals surface area contributed by atoms with Crippen molar-refractivity contribution in [3.8, 4) is 11.5 Å². The lowest BCUT2D eigenvalue weighted by Gasteiger charge is -2.20. The SMILES string of the molecule is CCC(NC(=O)CCCCCNS(=O)(=O)c1ccc2c(c1)OCCO2)C(C)C. The largest absolute Gasteiger partial charge is 0.486 e. The third kappa shape index (κ3) is 6.67. The minimum atomic E-state index is -3.59. The normalized spacial score (nSPS) is 14.7. The van der Waals surface area contributed by atoms with Crippen LogP contribution in [0.1, 0.15) is 52.9 Å². The molecule has 0 bridgehead atoms. The summed E-state index contributed by atoms with van der Waals surface area (Å²) in [5.74, 6) is 1.50. The van der Waals surface area contributed by atoms with Crippen molar-refractivity contribution in [3.63, 3.8) is 0 Å². The quantitative estimate of drug-likeness (QED) is 0.545. The molecule has 0 radical (unpaired) electrons. The summed E-state index contributed by atoms with van der Waals surface area (Å²) < 4.78 is 38.3. The number of hydrogen-bond acceptors (Lipinski definition) is 5. The lowest BCUT2D eigenvalue weighted by molar-refractivity contribution is -0.122. The van der Waals surface area contributed by atoms with Gasteiger partial charge in [0.1, 0.15) is 13.2 Å². The maximum atomic E-state index is 12.4. The fourth-order valence-electron chi connectivity index (χ4n) is 3.09. The van der Waals surface area contributed by atoms with Crippen LogP contribution >= 0.6 is 0 Å². The molecule has 1 heterocycles. The number of sulfonamides is 1. The topological polar surface area (TPSA) is 93.7 Å². The minimum absolute atomic E-state index is 0.0670. The van der Waals surface area contributed by atoms with E-state index in [-0.39, 0.29) is 16.8 Å². The number of fused-ring (bicyclic) bond motifs is 1. The molecule has 0 spiro atoms. The number of nitrogens with one attached hydrogen (secondary N) is 2. The number of carbonyl (C=O) groups excluding carboxylic acids is 1. The molecule has 28 heavy (non-hydrogen) atoms. The molecule has 8 heteroatoms. The van der Waals surface area contributed by atoms with Gasteiger partial charge < -0.3 is 14.8 Å². The van der Waals surface area contributed by atoms with Crippen molar-refractivity contribution in [2.45, 2.75) is 63.8 Å². The molecule has 0 fully saturated rings. The van der Waals surface area contributed by atoms with Gasteiger partial charge in [0.2, 0.25) is 15.9 Å². The van der Waals surface area contributed by atoms with Gasteiger partial charge in [0.15, 0.2) is 11.5 Å². The standard InChI is InChI=1S/C20H32N2O5S/c1-4-17(15(2)3)22-20(23)8-6-5-7-11-21-28(24,25)16-9-10-18-19(14-16)27-13-12-26-18/h9-10,14-15,17,21H,4-8,11-13H2,1-3H3,(H,22,23). The van der Waals surface area contributed by atoms with Crippen LogP contribution in [0.2, 0.25) is 0 Å². The summed E-state index contributed by atoms with van der Waals surface area (Å²) in [6.45, 7) is 7.48. The number of benzene rings is 1. The Labute approximate surface area is 168 Å². The van der Waals surface area contributed by atoms with Gasteiger partial charge in [-0.25, -0.2) is 13.1 Å². The summed E-state index contributed by atoms with van der Waals surface area (Å²) in [7, 11) is -3.59. The number of ether oxygens (including phenoxy) is 2. The highest BCUT2D eigenvalue weighted by molar-refractivity contribution is 7.89. The number of unbranched alkanes of at least 4 members (excludes halogenated alkanes) is 2. The molecule has 1 aromatic carbocycles. The average Bonchev–Trinajstić information content (AvgIpc) is 2.68. The van der Waals surface area contributed by atoms with Gasteiger partial charge in [-0.1, -0.05) is 27.2 Å². The average molecular weight is 413 g/mol. The lowest BCUT2D eigenvalue weighted by atomic mass is 10.0. The summed E-state index contributed by atoms with van der Waals surface area (Å²) in [4.78, 5) is 12.1. The summed E-state index contributed by atoms with van der Waals surface area (Å²) in [5.41, 5.74) is 0. The number of hydrogen-bond donors (Lipinski definition) is 2. The van der Waals surface area contributed by atoms with Gasteiger partial charge in [-0.2, -0.15) is 0 Å². The molecule has 1 atom stereocenters. The summed E-state index contributed by atoms with van der Waals surface area (Å²) in [6.07, 6.45) is 3.60. The second-order valence-electron chi connectivity index (χ2n) is 7.34.